The second kappa shape index (κ2) is 8.91. The van der Waals surface area contributed by atoms with E-state index in [2.05, 4.69) is 35.3 Å². The van der Waals surface area contributed by atoms with E-state index in [1.165, 1.54) is 16.2 Å². The van der Waals surface area contributed by atoms with Gasteiger partial charge in [0.05, 0.1) is 24.9 Å². The number of hydrogen-bond donors (Lipinski definition) is 1. The Bertz CT molecular complexity index is 1130. The smallest absolute Gasteiger partial charge is 0.257 e. The first kappa shape index (κ1) is 21.7. The molecule has 2 aromatic carbocycles. The molecule has 166 valence electrons. The van der Waals surface area contributed by atoms with Crippen LogP contribution in [0.5, 0.6) is 0 Å². The third-order valence-corrected chi connectivity index (χ3v) is 6.11. The van der Waals surface area contributed by atoms with Crippen LogP contribution in [-0.2, 0) is 17.8 Å². The van der Waals surface area contributed by atoms with Crippen molar-refractivity contribution >= 4 is 23.2 Å². The molecule has 1 aliphatic rings. The van der Waals surface area contributed by atoms with Gasteiger partial charge in [-0.15, -0.1) is 0 Å². The van der Waals surface area contributed by atoms with Crippen LogP contribution in [0, 0.1) is 13.8 Å². The third-order valence-electron chi connectivity index (χ3n) is 6.11. The fourth-order valence-corrected chi connectivity index (χ4v) is 4.36. The van der Waals surface area contributed by atoms with Crippen LogP contribution < -0.4 is 10.2 Å². The highest BCUT2D eigenvalue weighted by Crippen LogP contribution is 2.33. The number of rotatable bonds is 6. The zero-order valence-electron chi connectivity index (χ0n) is 19.0. The Morgan fingerprint density at radius 1 is 1.09 bits per heavy atom. The van der Waals surface area contributed by atoms with Crippen LogP contribution in [0.1, 0.15) is 39.7 Å². The SMILES string of the molecule is Cc1cccc(C)c1NC(=O)CN(C)C(=O)c1ccoc1CN1c2ccccc2CC1C. The van der Waals surface area contributed by atoms with E-state index in [1.54, 1.807) is 19.4 Å². The molecule has 0 aliphatic carbocycles. The molecular weight excluding hydrogens is 402 g/mol. The molecule has 1 atom stereocenters. The topological polar surface area (TPSA) is 65.8 Å². The lowest BCUT2D eigenvalue weighted by atomic mass is 10.1. The largest absolute Gasteiger partial charge is 0.467 e. The van der Waals surface area contributed by atoms with E-state index in [4.69, 9.17) is 4.42 Å². The number of carbonyl (C=O) groups excluding carboxylic acids is 2. The average molecular weight is 432 g/mol. The second-order valence-corrected chi connectivity index (χ2v) is 8.54. The third kappa shape index (κ3) is 4.26. The first-order valence-corrected chi connectivity index (χ1v) is 10.9. The van der Waals surface area contributed by atoms with Gasteiger partial charge < -0.3 is 19.5 Å². The number of aryl methyl sites for hydroxylation is 2. The van der Waals surface area contributed by atoms with Gasteiger partial charge in [0.25, 0.3) is 5.91 Å². The maximum atomic E-state index is 13.1. The van der Waals surface area contributed by atoms with Gasteiger partial charge >= 0.3 is 0 Å². The summed E-state index contributed by atoms with van der Waals surface area (Å²) in [4.78, 5) is 29.4. The quantitative estimate of drug-likeness (QED) is 0.621. The van der Waals surface area contributed by atoms with E-state index in [1.807, 2.05) is 38.1 Å². The van der Waals surface area contributed by atoms with Crippen LogP contribution in [0.2, 0.25) is 0 Å². The predicted molar refractivity (Wildman–Crippen MR) is 126 cm³/mol. The van der Waals surface area contributed by atoms with E-state index in [-0.39, 0.29) is 18.4 Å². The van der Waals surface area contributed by atoms with Crippen LogP contribution >= 0.6 is 0 Å². The molecule has 6 nitrogen and oxygen atoms in total. The summed E-state index contributed by atoms with van der Waals surface area (Å²) >= 11 is 0. The summed E-state index contributed by atoms with van der Waals surface area (Å²) in [5.41, 5.74) is 5.75. The van der Waals surface area contributed by atoms with Gasteiger partial charge in [-0.2, -0.15) is 0 Å². The van der Waals surface area contributed by atoms with Gasteiger partial charge in [0.1, 0.15) is 5.76 Å². The van der Waals surface area contributed by atoms with Crippen molar-refractivity contribution in [3.05, 3.63) is 82.8 Å². The van der Waals surface area contributed by atoms with Crippen LogP contribution in [0.4, 0.5) is 11.4 Å². The summed E-state index contributed by atoms with van der Waals surface area (Å²) in [5.74, 6) is 0.150. The molecule has 6 heteroatoms. The standard InChI is InChI=1S/C26H29N3O3/c1-17-8-7-9-18(2)25(17)27-24(30)16-28(4)26(31)21-12-13-32-23(21)15-29-19(3)14-20-10-5-6-11-22(20)29/h5-13,19H,14-16H2,1-4H3,(H,27,30). The minimum atomic E-state index is -0.231. The van der Waals surface area contributed by atoms with Crippen molar-refractivity contribution in [2.24, 2.45) is 0 Å². The Kier molecular flexibility index (Phi) is 6.04. The molecule has 2 heterocycles. The number of furan rings is 1. The van der Waals surface area contributed by atoms with Gasteiger partial charge in [0.2, 0.25) is 5.91 Å². The molecule has 0 bridgehead atoms. The Hall–Kier alpha value is -3.54. The molecule has 0 saturated carbocycles. The van der Waals surface area contributed by atoms with E-state index >= 15 is 0 Å². The van der Waals surface area contributed by atoms with Gasteiger partial charge in [-0.3, -0.25) is 9.59 Å². The fraction of sp³-hybridized carbons (Fsp3) is 0.308. The number of para-hydroxylation sites is 2. The summed E-state index contributed by atoms with van der Waals surface area (Å²) in [6, 6.07) is 16.2. The molecule has 0 saturated heterocycles. The van der Waals surface area contributed by atoms with Gasteiger partial charge in [-0.05, 0) is 56.0 Å². The normalized spacial score (nSPS) is 14.9. The molecule has 1 aliphatic heterocycles. The van der Waals surface area contributed by atoms with Crippen molar-refractivity contribution in [2.45, 2.75) is 39.8 Å². The van der Waals surface area contributed by atoms with Crippen molar-refractivity contribution < 1.29 is 14.0 Å². The van der Waals surface area contributed by atoms with Crippen LogP contribution in [0.15, 0.2) is 59.2 Å². The summed E-state index contributed by atoms with van der Waals surface area (Å²) in [7, 11) is 1.64. The molecule has 1 unspecified atom stereocenters. The number of nitrogens with zero attached hydrogens (tertiary/aromatic N) is 2. The lowest BCUT2D eigenvalue weighted by Crippen LogP contribution is -2.36. The molecule has 3 aromatic rings. The van der Waals surface area contributed by atoms with Gasteiger partial charge in [-0.1, -0.05) is 36.4 Å². The van der Waals surface area contributed by atoms with Crippen LogP contribution in [0.25, 0.3) is 0 Å². The molecule has 0 radical (unpaired) electrons. The monoisotopic (exact) mass is 431 g/mol. The molecule has 4 rings (SSSR count). The van der Waals surface area contributed by atoms with Gasteiger partial charge in [-0.25, -0.2) is 0 Å². The molecule has 2 amide bonds. The van der Waals surface area contributed by atoms with E-state index in [0.29, 0.717) is 23.9 Å². The van der Waals surface area contributed by atoms with Crippen LogP contribution in [0.3, 0.4) is 0 Å². The van der Waals surface area contributed by atoms with Crippen molar-refractivity contribution in [3.63, 3.8) is 0 Å². The first-order valence-electron chi connectivity index (χ1n) is 10.9. The predicted octanol–water partition coefficient (Wildman–Crippen LogP) is 4.56. The van der Waals surface area contributed by atoms with E-state index in [9.17, 15) is 9.59 Å². The molecule has 32 heavy (non-hydrogen) atoms. The lowest BCUT2D eigenvalue weighted by Gasteiger charge is -2.24. The van der Waals surface area contributed by atoms with Crippen molar-refractivity contribution in [2.75, 3.05) is 23.8 Å². The molecule has 1 aromatic heterocycles. The Morgan fingerprint density at radius 3 is 2.56 bits per heavy atom. The molecule has 0 spiro atoms. The minimum absolute atomic E-state index is 0.0415. The number of anilines is 2. The number of carbonyl (C=O) groups is 2. The number of likely N-dealkylation sites (N-methyl/N-ethyl adjacent to an activating group) is 1. The number of nitrogens with one attached hydrogen (secondary N) is 1. The van der Waals surface area contributed by atoms with Crippen molar-refractivity contribution in [1.82, 2.24) is 4.90 Å². The maximum absolute atomic E-state index is 13.1. The summed E-state index contributed by atoms with van der Waals surface area (Å²) in [6.07, 6.45) is 2.51. The maximum Gasteiger partial charge on any atom is 0.257 e. The van der Waals surface area contributed by atoms with Crippen molar-refractivity contribution in [3.8, 4) is 0 Å². The molecular formula is C26H29N3O3. The van der Waals surface area contributed by atoms with Gasteiger partial charge in [0, 0.05) is 24.5 Å². The van der Waals surface area contributed by atoms with E-state index < -0.39 is 0 Å². The molecule has 1 N–H and O–H groups in total. The van der Waals surface area contributed by atoms with E-state index in [0.717, 1.165) is 23.2 Å². The number of hydrogen-bond acceptors (Lipinski definition) is 4. The Balaban J connectivity index is 1.44. The summed E-state index contributed by atoms with van der Waals surface area (Å²) in [6.45, 7) is 6.54. The zero-order valence-corrected chi connectivity index (χ0v) is 19.0. The highest BCUT2D eigenvalue weighted by Gasteiger charge is 2.29. The van der Waals surface area contributed by atoms with Gasteiger partial charge in [0.15, 0.2) is 0 Å². The Morgan fingerprint density at radius 2 is 1.81 bits per heavy atom. The number of benzene rings is 2. The Labute approximate surface area is 188 Å². The summed E-state index contributed by atoms with van der Waals surface area (Å²) < 4.78 is 5.70. The number of amides is 2. The first-order chi connectivity index (χ1) is 15.3. The van der Waals surface area contributed by atoms with Crippen molar-refractivity contribution in [1.29, 1.82) is 0 Å². The average Bonchev–Trinajstić information content (AvgIpc) is 3.35. The summed E-state index contributed by atoms with van der Waals surface area (Å²) in [5, 5.41) is 2.94. The minimum Gasteiger partial charge on any atom is -0.467 e. The fourth-order valence-electron chi connectivity index (χ4n) is 4.36. The second-order valence-electron chi connectivity index (χ2n) is 8.54. The lowest BCUT2D eigenvalue weighted by molar-refractivity contribution is -0.116. The number of fused-ring (bicyclic) bond motifs is 1. The zero-order chi connectivity index (χ0) is 22.8. The molecule has 0 fully saturated rings. The highest BCUT2D eigenvalue weighted by atomic mass is 16.3. The van der Waals surface area contributed by atoms with Crippen LogP contribution in [-0.4, -0.2) is 36.3 Å². The highest BCUT2D eigenvalue weighted by molar-refractivity contribution is 6.00.